The first-order chi connectivity index (χ1) is 14.2. The lowest BCUT2D eigenvalue weighted by molar-refractivity contribution is -0.116. The van der Waals surface area contributed by atoms with Gasteiger partial charge in [0, 0.05) is 30.5 Å². The largest absolute Gasteiger partial charge is 0.326 e. The van der Waals surface area contributed by atoms with Crippen LogP contribution in [0.25, 0.3) is 0 Å². The van der Waals surface area contributed by atoms with Crippen LogP contribution >= 0.6 is 0 Å². The van der Waals surface area contributed by atoms with Crippen molar-refractivity contribution in [3.8, 4) is 0 Å². The molecule has 0 aliphatic heterocycles. The topological polar surface area (TPSA) is 93.1 Å². The number of hydrogen-bond acceptors (Lipinski definition) is 4. The van der Waals surface area contributed by atoms with Crippen LogP contribution in [-0.2, 0) is 28.3 Å². The number of rotatable bonds is 7. The summed E-state index contributed by atoms with van der Waals surface area (Å²) in [5, 5.41) is 7.21. The van der Waals surface area contributed by atoms with Crippen molar-refractivity contribution in [1.82, 2.24) is 9.78 Å². The number of nitrogens with one attached hydrogen (secondary N) is 2. The van der Waals surface area contributed by atoms with Crippen LogP contribution < -0.4 is 10.0 Å². The third-order valence-electron chi connectivity index (χ3n) is 5.01. The fraction of sp³-hybridized carbons (Fsp3) is 0.273. The molecular formula is C22H26N4O3S. The number of amides is 1. The Morgan fingerprint density at radius 1 is 0.967 bits per heavy atom. The Balaban J connectivity index is 1.58. The first kappa shape index (κ1) is 21.6. The first-order valence-electron chi connectivity index (χ1n) is 9.64. The highest BCUT2D eigenvalue weighted by molar-refractivity contribution is 7.92. The second-order valence-corrected chi connectivity index (χ2v) is 9.00. The molecular weight excluding hydrogens is 400 g/mol. The third kappa shape index (κ3) is 5.07. The van der Waals surface area contributed by atoms with Crippen LogP contribution in [-0.4, -0.2) is 24.1 Å². The molecule has 0 aliphatic rings. The number of anilines is 2. The molecule has 30 heavy (non-hydrogen) atoms. The molecule has 0 saturated carbocycles. The van der Waals surface area contributed by atoms with Crippen molar-refractivity contribution in [2.24, 2.45) is 7.05 Å². The molecule has 1 amide bonds. The number of aromatic nitrogens is 2. The Morgan fingerprint density at radius 3 is 2.13 bits per heavy atom. The summed E-state index contributed by atoms with van der Waals surface area (Å²) in [7, 11) is -1.77. The second kappa shape index (κ2) is 8.71. The summed E-state index contributed by atoms with van der Waals surface area (Å²) in [4.78, 5) is 12.5. The van der Waals surface area contributed by atoms with Crippen LogP contribution in [0.15, 0.2) is 53.4 Å². The van der Waals surface area contributed by atoms with Crippen LogP contribution in [0.4, 0.5) is 11.4 Å². The quantitative estimate of drug-likeness (QED) is 0.602. The van der Waals surface area contributed by atoms with E-state index in [1.165, 1.54) is 0 Å². The Morgan fingerprint density at radius 2 is 1.57 bits per heavy atom. The smallest absolute Gasteiger partial charge is 0.261 e. The zero-order valence-corrected chi connectivity index (χ0v) is 18.4. The summed E-state index contributed by atoms with van der Waals surface area (Å²) in [6.45, 7) is 5.83. The minimum atomic E-state index is -3.66. The zero-order chi connectivity index (χ0) is 21.9. The Labute approximate surface area is 177 Å². The zero-order valence-electron chi connectivity index (χ0n) is 17.6. The van der Waals surface area contributed by atoms with E-state index in [0.717, 1.165) is 22.5 Å². The molecule has 0 radical (unpaired) electrons. The van der Waals surface area contributed by atoms with Crippen LogP contribution in [0.3, 0.4) is 0 Å². The highest BCUT2D eigenvalue weighted by atomic mass is 32.2. The molecule has 3 rings (SSSR count). The Bertz CT molecular complexity index is 1150. The van der Waals surface area contributed by atoms with Gasteiger partial charge in [0.15, 0.2) is 0 Å². The SMILES string of the molecule is Cc1ccc(S(=O)(=O)Nc2ccc(NC(=O)CCc3c(C)nn(C)c3C)cc2)cc1. The average Bonchev–Trinajstić information content (AvgIpc) is 2.93. The van der Waals surface area contributed by atoms with Crippen molar-refractivity contribution in [2.45, 2.75) is 38.5 Å². The Kier molecular flexibility index (Phi) is 6.26. The van der Waals surface area contributed by atoms with Gasteiger partial charge >= 0.3 is 0 Å². The van der Waals surface area contributed by atoms with Gasteiger partial charge in [-0.15, -0.1) is 0 Å². The van der Waals surface area contributed by atoms with Gasteiger partial charge in [0.25, 0.3) is 10.0 Å². The lowest BCUT2D eigenvalue weighted by Gasteiger charge is -2.10. The molecule has 2 aromatic carbocycles. The van der Waals surface area contributed by atoms with E-state index in [1.54, 1.807) is 48.5 Å². The molecule has 3 aromatic rings. The van der Waals surface area contributed by atoms with Gasteiger partial charge in [-0.05, 0) is 69.2 Å². The first-order valence-corrected chi connectivity index (χ1v) is 11.1. The summed E-state index contributed by atoms with van der Waals surface area (Å²) in [6.07, 6.45) is 0.959. The maximum atomic E-state index is 12.5. The third-order valence-corrected chi connectivity index (χ3v) is 6.41. The lowest BCUT2D eigenvalue weighted by Crippen LogP contribution is -2.14. The van der Waals surface area contributed by atoms with E-state index in [9.17, 15) is 13.2 Å². The molecule has 158 valence electrons. The number of hydrogen-bond donors (Lipinski definition) is 2. The number of benzene rings is 2. The van der Waals surface area contributed by atoms with Gasteiger partial charge in [0.05, 0.1) is 10.6 Å². The molecule has 0 bridgehead atoms. The fourth-order valence-corrected chi connectivity index (χ4v) is 4.25. The molecule has 1 aromatic heterocycles. The highest BCUT2D eigenvalue weighted by Crippen LogP contribution is 2.19. The predicted octanol–water partition coefficient (Wildman–Crippen LogP) is 3.72. The molecule has 7 nitrogen and oxygen atoms in total. The van der Waals surface area contributed by atoms with E-state index < -0.39 is 10.0 Å². The summed E-state index contributed by atoms with van der Waals surface area (Å²) < 4.78 is 29.3. The molecule has 1 heterocycles. The maximum Gasteiger partial charge on any atom is 0.261 e. The summed E-state index contributed by atoms with van der Waals surface area (Å²) >= 11 is 0. The number of carbonyl (C=O) groups is 1. The molecule has 0 aliphatic carbocycles. The van der Waals surface area contributed by atoms with Gasteiger partial charge in [-0.2, -0.15) is 5.10 Å². The van der Waals surface area contributed by atoms with E-state index in [2.05, 4.69) is 15.1 Å². The van der Waals surface area contributed by atoms with Crippen molar-refractivity contribution >= 4 is 27.3 Å². The van der Waals surface area contributed by atoms with Crippen molar-refractivity contribution in [3.05, 3.63) is 71.0 Å². The monoisotopic (exact) mass is 426 g/mol. The molecule has 0 saturated heterocycles. The average molecular weight is 427 g/mol. The molecule has 2 N–H and O–H groups in total. The second-order valence-electron chi connectivity index (χ2n) is 7.32. The predicted molar refractivity (Wildman–Crippen MR) is 118 cm³/mol. The lowest BCUT2D eigenvalue weighted by atomic mass is 10.1. The van der Waals surface area contributed by atoms with E-state index in [4.69, 9.17) is 0 Å². The number of sulfonamides is 1. The minimum absolute atomic E-state index is 0.106. The number of aryl methyl sites for hydroxylation is 3. The van der Waals surface area contributed by atoms with Crippen LogP contribution in [0.2, 0.25) is 0 Å². The highest BCUT2D eigenvalue weighted by Gasteiger charge is 2.14. The van der Waals surface area contributed by atoms with E-state index >= 15 is 0 Å². The van der Waals surface area contributed by atoms with Crippen molar-refractivity contribution < 1.29 is 13.2 Å². The normalized spacial score (nSPS) is 11.3. The summed E-state index contributed by atoms with van der Waals surface area (Å²) in [6, 6.07) is 13.2. The van der Waals surface area contributed by atoms with E-state index in [1.807, 2.05) is 32.5 Å². The standard InChI is InChI=1S/C22H26N4O3S/c1-15-5-11-20(12-6-15)30(28,29)25-19-9-7-18(8-10-19)23-22(27)14-13-21-16(2)24-26(4)17(21)3/h5-12,25H,13-14H2,1-4H3,(H,23,27). The minimum Gasteiger partial charge on any atom is -0.326 e. The molecule has 8 heteroatoms. The van der Waals surface area contributed by atoms with Gasteiger partial charge in [0.2, 0.25) is 5.91 Å². The van der Waals surface area contributed by atoms with Crippen molar-refractivity contribution in [3.63, 3.8) is 0 Å². The van der Waals surface area contributed by atoms with Gasteiger partial charge < -0.3 is 5.32 Å². The maximum absolute atomic E-state index is 12.5. The molecule has 0 spiro atoms. The van der Waals surface area contributed by atoms with Crippen LogP contribution in [0.1, 0.15) is 28.9 Å². The van der Waals surface area contributed by atoms with Crippen molar-refractivity contribution in [2.75, 3.05) is 10.0 Å². The van der Waals surface area contributed by atoms with Gasteiger partial charge in [-0.3, -0.25) is 14.2 Å². The van der Waals surface area contributed by atoms with Gasteiger partial charge in [-0.25, -0.2) is 8.42 Å². The number of carbonyl (C=O) groups excluding carboxylic acids is 1. The fourth-order valence-electron chi connectivity index (χ4n) is 3.19. The molecule has 0 unspecified atom stereocenters. The summed E-state index contributed by atoms with van der Waals surface area (Å²) in [5.41, 5.74) is 5.11. The van der Waals surface area contributed by atoms with Crippen LogP contribution in [0.5, 0.6) is 0 Å². The molecule has 0 fully saturated rings. The number of nitrogens with zero attached hydrogens (tertiary/aromatic N) is 2. The van der Waals surface area contributed by atoms with Gasteiger partial charge in [0.1, 0.15) is 0 Å². The van der Waals surface area contributed by atoms with Gasteiger partial charge in [-0.1, -0.05) is 17.7 Å². The summed E-state index contributed by atoms with van der Waals surface area (Å²) in [5.74, 6) is -0.106. The van der Waals surface area contributed by atoms with E-state index in [-0.39, 0.29) is 10.8 Å². The van der Waals surface area contributed by atoms with Crippen molar-refractivity contribution in [1.29, 1.82) is 0 Å². The Hall–Kier alpha value is -3.13. The van der Waals surface area contributed by atoms with Crippen LogP contribution in [0, 0.1) is 20.8 Å². The van der Waals surface area contributed by atoms with E-state index in [0.29, 0.717) is 24.2 Å². The molecule has 0 atom stereocenters.